The molecule has 0 saturated carbocycles. The number of amidine groups is 1. The van der Waals surface area contributed by atoms with Gasteiger partial charge in [0.05, 0.1) is 6.54 Å². The molecule has 0 atom stereocenters. The van der Waals surface area contributed by atoms with Crippen LogP contribution in [0.4, 0.5) is 8.78 Å². The Morgan fingerprint density at radius 1 is 1.50 bits per heavy atom. The molecule has 0 amide bonds. The SMILES string of the molecule is N/C(CN1CCC(C(F)F)CC1)=N\O. The van der Waals surface area contributed by atoms with Gasteiger partial charge in [-0.3, -0.25) is 4.90 Å². The van der Waals surface area contributed by atoms with Crippen LogP contribution in [0.1, 0.15) is 12.8 Å². The summed E-state index contributed by atoms with van der Waals surface area (Å²) in [4.78, 5) is 1.91. The van der Waals surface area contributed by atoms with Crippen molar-refractivity contribution < 1.29 is 14.0 Å². The molecule has 0 bridgehead atoms. The van der Waals surface area contributed by atoms with Crippen molar-refractivity contribution in [2.45, 2.75) is 19.3 Å². The molecule has 82 valence electrons. The summed E-state index contributed by atoms with van der Waals surface area (Å²) in [5, 5.41) is 11.2. The molecular formula is C8H15F2N3O. The largest absolute Gasteiger partial charge is 0.409 e. The highest BCUT2D eigenvalue weighted by Crippen LogP contribution is 2.23. The molecule has 1 aliphatic rings. The summed E-state index contributed by atoms with van der Waals surface area (Å²) in [5.41, 5.74) is 5.31. The van der Waals surface area contributed by atoms with Crippen LogP contribution in [0.3, 0.4) is 0 Å². The molecule has 1 aliphatic heterocycles. The molecule has 0 aromatic carbocycles. The number of hydrogen-bond donors (Lipinski definition) is 2. The van der Waals surface area contributed by atoms with Crippen LogP contribution in [0.15, 0.2) is 5.16 Å². The number of oxime groups is 1. The third-order valence-corrected chi connectivity index (χ3v) is 2.50. The van der Waals surface area contributed by atoms with Crippen LogP contribution in [0.2, 0.25) is 0 Å². The zero-order valence-electron chi connectivity index (χ0n) is 7.87. The zero-order valence-corrected chi connectivity index (χ0v) is 7.87. The monoisotopic (exact) mass is 207 g/mol. The average Bonchev–Trinajstić information content (AvgIpc) is 2.18. The predicted molar refractivity (Wildman–Crippen MR) is 48.6 cm³/mol. The Hall–Kier alpha value is -0.910. The molecule has 0 aromatic heterocycles. The van der Waals surface area contributed by atoms with Gasteiger partial charge in [-0.25, -0.2) is 8.78 Å². The van der Waals surface area contributed by atoms with Gasteiger partial charge in [0, 0.05) is 5.92 Å². The van der Waals surface area contributed by atoms with E-state index in [1.165, 1.54) is 0 Å². The number of alkyl halides is 2. The van der Waals surface area contributed by atoms with Gasteiger partial charge in [-0.2, -0.15) is 0 Å². The van der Waals surface area contributed by atoms with Crippen molar-refractivity contribution in [1.29, 1.82) is 0 Å². The van der Waals surface area contributed by atoms with E-state index in [1.807, 2.05) is 4.90 Å². The lowest BCUT2D eigenvalue weighted by Gasteiger charge is -2.30. The van der Waals surface area contributed by atoms with Gasteiger partial charge in [0.2, 0.25) is 6.43 Å². The Kier molecular flexibility index (Phi) is 4.06. The number of piperidine rings is 1. The van der Waals surface area contributed by atoms with Gasteiger partial charge < -0.3 is 10.9 Å². The molecule has 3 N–H and O–H groups in total. The Bertz CT molecular complexity index is 203. The minimum Gasteiger partial charge on any atom is -0.409 e. The molecule has 0 spiro atoms. The zero-order chi connectivity index (χ0) is 10.6. The topological polar surface area (TPSA) is 61.8 Å². The highest BCUT2D eigenvalue weighted by atomic mass is 19.3. The van der Waals surface area contributed by atoms with Crippen molar-refractivity contribution in [3.05, 3.63) is 0 Å². The lowest BCUT2D eigenvalue weighted by Crippen LogP contribution is -2.40. The molecule has 0 radical (unpaired) electrons. The molecule has 6 heteroatoms. The number of likely N-dealkylation sites (tertiary alicyclic amines) is 1. The van der Waals surface area contributed by atoms with Crippen LogP contribution in [-0.4, -0.2) is 42.0 Å². The van der Waals surface area contributed by atoms with Crippen molar-refractivity contribution in [3.8, 4) is 0 Å². The fourth-order valence-corrected chi connectivity index (χ4v) is 1.62. The first-order valence-electron chi connectivity index (χ1n) is 4.60. The summed E-state index contributed by atoms with van der Waals surface area (Å²) in [5.74, 6) is -0.362. The minimum atomic E-state index is -2.22. The highest BCUT2D eigenvalue weighted by Gasteiger charge is 2.26. The molecule has 4 nitrogen and oxygen atoms in total. The minimum absolute atomic E-state index is 0.125. The molecule has 1 heterocycles. The quantitative estimate of drug-likeness (QED) is 0.310. The van der Waals surface area contributed by atoms with Crippen LogP contribution in [0, 0.1) is 5.92 Å². The fraction of sp³-hybridized carbons (Fsp3) is 0.875. The summed E-state index contributed by atoms with van der Waals surface area (Å²) in [6.07, 6.45) is -1.26. The smallest absolute Gasteiger partial charge is 0.241 e. The van der Waals surface area contributed by atoms with E-state index < -0.39 is 12.3 Å². The van der Waals surface area contributed by atoms with Crippen LogP contribution >= 0.6 is 0 Å². The lowest BCUT2D eigenvalue weighted by molar-refractivity contribution is 0.0384. The third-order valence-electron chi connectivity index (χ3n) is 2.50. The van der Waals surface area contributed by atoms with E-state index in [4.69, 9.17) is 10.9 Å². The van der Waals surface area contributed by atoms with Crippen molar-refractivity contribution >= 4 is 5.84 Å². The maximum absolute atomic E-state index is 12.3. The molecule has 1 fully saturated rings. The summed E-state index contributed by atoms with van der Waals surface area (Å²) >= 11 is 0. The summed E-state index contributed by atoms with van der Waals surface area (Å²) < 4.78 is 24.5. The van der Waals surface area contributed by atoms with Crippen LogP contribution < -0.4 is 5.73 Å². The first-order chi connectivity index (χ1) is 6.63. The van der Waals surface area contributed by atoms with E-state index >= 15 is 0 Å². The van der Waals surface area contributed by atoms with Crippen molar-refractivity contribution in [3.63, 3.8) is 0 Å². The maximum atomic E-state index is 12.3. The maximum Gasteiger partial charge on any atom is 0.241 e. The standard InChI is InChI=1S/C8H15F2N3O/c9-8(10)6-1-3-13(4-2-6)5-7(11)12-14/h6,8,14H,1-5H2,(H2,11,12). The van der Waals surface area contributed by atoms with E-state index in [9.17, 15) is 8.78 Å². The van der Waals surface area contributed by atoms with Gasteiger partial charge in [0.25, 0.3) is 0 Å². The summed E-state index contributed by atoms with van der Waals surface area (Å²) in [7, 11) is 0. The van der Waals surface area contributed by atoms with E-state index in [2.05, 4.69) is 5.16 Å². The molecule has 0 aliphatic carbocycles. The highest BCUT2D eigenvalue weighted by molar-refractivity contribution is 5.81. The Morgan fingerprint density at radius 3 is 2.50 bits per heavy atom. The number of nitrogens with two attached hydrogens (primary N) is 1. The van der Waals surface area contributed by atoms with Crippen LogP contribution in [0.25, 0.3) is 0 Å². The second-order valence-electron chi connectivity index (χ2n) is 3.54. The first kappa shape index (κ1) is 11.2. The van der Waals surface area contributed by atoms with Gasteiger partial charge in [-0.05, 0) is 25.9 Å². The number of hydrogen-bond acceptors (Lipinski definition) is 3. The first-order valence-corrected chi connectivity index (χ1v) is 4.60. The second kappa shape index (κ2) is 5.09. The number of rotatable bonds is 3. The van der Waals surface area contributed by atoms with Gasteiger partial charge in [-0.15, -0.1) is 0 Å². The van der Waals surface area contributed by atoms with E-state index in [0.717, 1.165) is 0 Å². The average molecular weight is 207 g/mol. The molecule has 14 heavy (non-hydrogen) atoms. The Morgan fingerprint density at radius 2 is 2.07 bits per heavy atom. The van der Waals surface area contributed by atoms with E-state index in [0.29, 0.717) is 32.5 Å². The molecular weight excluding hydrogens is 192 g/mol. The van der Waals surface area contributed by atoms with Crippen molar-refractivity contribution in [1.82, 2.24) is 4.90 Å². The molecule has 1 saturated heterocycles. The van der Waals surface area contributed by atoms with Gasteiger partial charge in [0.15, 0.2) is 5.84 Å². The normalized spacial score (nSPS) is 21.8. The van der Waals surface area contributed by atoms with Crippen LogP contribution in [0.5, 0.6) is 0 Å². The van der Waals surface area contributed by atoms with Crippen molar-refractivity contribution in [2.24, 2.45) is 16.8 Å². The van der Waals surface area contributed by atoms with E-state index in [1.54, 1.807) is 0 Å². The lowest BCUT2D eigenvalue weighted by atomic mass is 9.97. The summed E-state index contributed by atoms with van der Waals surface area (Å²) in [6.45, 7) is 1.53. The van der Waals surface area contributed by atoms with Crippen molar-refractivity contribution in [2.75, 3.05) is 19.6 Å². The Balaban J connectivity index is 2.29. The molecule has 0 unspecified atom stereocenters. The second-order valence-corrected chi connectivity index (χ2v) is 3.54. The fourth-order valence-electron chi connectivity index (χ4n) is 1.62. The molecule has 0 aromatic rings. The third kappa shape index (κ3) is 3.10. The summed E-state index contributed by atoms with van der Waals surface area (Å²) in [6, 6.07) is 0. The van der Waals surface area contributed by atoms with Crippen LogP contribution in [-0.2, 0) is 0 Å². The van der Waals surface area contributed by atoms with Gasteiger partial charge >= 0.3 is 0 Å². The number of halogens is 2. The van der Waals surface area contributed by atoms with Gasteiger partial charge in [0.1, 0.15) is 0 Å². The van der Waals surface area contributed by atoms with Gasteiger partial charge in [-0.1, -0.05) is 5.16 Å². The number of nitrogens with zero attached hydrogens (tertiary/aromatic N) is 2. The predicted octanol–water partition coefficient (Wildman–Crippen LogP) is 0.710. The Labute approximate surface area is 81.4 Å². The van der Waals surface area contributed by atoms with E-state index in [-0.39, 0.29) is 5.84 Å². The molecule has 1 rings (SSSR count).